The quantitative estimate of drug-likeness (QED) is 0.626. The Hall–Kier alpha value is -2.64. The molecule has 8 heteroatoms. The van der Waals surface area contributed by atoms with Gasteiger partial charge in [-0.05, 0) is 42.9 Å². The van der Waals surface area contributed by atoms with Crippen LogP contribution in [0.2, 0.25) is 5.02 Å². The number of amides is 1. The lowest BCUT2D eigenvalue weighted by atomic mass is 9.83. The van der Waals surface area contributed by atoms with Crippen molar-refractivity contribution in [3.05, 3.63) is 47.4 Å². The summed E-state index contributed by atoms with van der Waals surface area (Å²) in [7, 11) is 0. The van der Waals surface area contributed by atoms with Gasteiger partial charge in [0.15, 0.2) is 12.0 Å². The van der Waals surface area contributed by atoms with Crippen LogP contribution in [0, 0.1) is 11.8 Å². The SMILES string of the molecule is CC1CCC(Cn2ccc3nc(C4NOC(=O)N4)nc(-c4cccc(Cl)c4)c32)CC1. The average molecular weight is 426 g/mol. The molecule has 2 fully saturated rings. The number of benzene rings is 1. The van der Waals surface area contributed by atoms with Gasteiger partial charge in [-0.3, -0.25) is 5.32 Å². The van der Waals surface area contributed by atoms with Crippen LogP contribution in [0.15, 0.2) is 36.5 Å². The van der Waals surface area contributed by atoms with E-state index >= 15 is 0 Å². The van der Waals surface area contributed by atoms with Crippen LogP contribution in [0.1, 0.15) is 44.6 Å². The normalized spacial score (nSPS) is 24.1. The third-order valence-corrected chi connectivity index (χ3v) is 6.34. The molecule has 1 amide bonds. The fraction of sp³-hybridized carbons (Fsp3) is 0.409. The number of carbonyl (C=O) groups excluding carboxylic acids is 1. The Morgan fingerprint density at radius 2 is 2.03 bits per heavy atom. The van der Waals surface area contributed by atoms with Crippen molar-refractivity contribution in [2.75, 3.05) is 0 Å². The third kappa shape index (κ3) is 3.75. The van der Waals surface area contributed by atoms with Gasteiger partial charge in [-0.2, -0.15) is 0 Å². The van der Waals surface area contributed by atoms with Crippen molar-refractivity contribution in [1.82, 2.24) is 25.3 Å². The molecule has 3 aromatic rings. The van der Waals surface area contributed by atoms with Crippen LogP contribution in [0.5, 0.6) is 0 Å². The third-order valence-electron chi connectivity index (χ3n) is 6.11. The molecule has 1 aromatic carbocycles. The number of nitrogens with one attached hydrogen (secondary N) is 2. The smallest absolute Gasteiger partial charge is 0.351 e. The summed E-state index contributed by atoms with van der Waals surface area (Å²) in [4.78, 5) is 25.8. The fourth-order valence-corrected chi connectivity index (χ4v) is 4.63. The molecule has 1 saturated heterocycles. The van der Waals surface area contributed by atoms with E-state index < -0.39 is 12.3 Å². The summed E-state index contributed by atoms with van der Waals surface area (Å²) >= 11 is 6.28. The van der Waals surface area contributed by atoms with Crippen LogP contribution in [0.4, 0.5) is 4.79 Å². The minimum atomic E-state index is -0.594. The summed E-state index contributed by atoms with van der Waals surface area (Å²) in [6.07, 6.45) is 6.03. The van der Waals surface area contributed by atoms with E-state index in [1.54, 1.807) is 0 Å². The predicted octanol–water partition coefficient (Wildman–Crippen LogP) is 4.82. The maximum atomic E-state index is 11.5. The molecule has 30 heavy (non-hydrogen) atoms. The van der Waals surface area contributed by atoms with Crippen molar-refractivity contribution in [2.24, 2.45) is 11.8 Å². The zero-order valence-corrected chi connectivity index (χ0v) is 17.5. The summed E-state index contributed by atoms with van der Waals surface area (Å²) in [5.41, 5.74) is 6.18. The number of rotatable bonds is 4. The second kappa shape index (κ2) is 7.89. The molecule has 2 N–H and O–H groups in total. The molecular weight excluding hydrogens is 402 g/mol. The molecule has 1 unspecified atom stereocenters. The van der Waals surface area contributed by atoms with Crippen LogP contribution in [0.3, 0.4) is 0 Å². The van der Waals surface area contributed by atoms with Gasteiger partial charge < -0.3 is 9.40 Å². The summed E-state index contributed by atoms with van der Waals surface area (Å²) in [6.45, 7) is 3.29. The van der Waals surface area contributed by atoms with Gasteiger partial charge in [0, 0.05) is 23.3 Å². The van der Waals surface area contributed by atoms with Crippen LogP contribution in [-0.4, -0.2) is 20.6 Å². The van der Waals surface area contributed by atoms with Crippen LogP contribution in [0.25, 0.3) is 22.3 Å². The van der Waals surface area contributed by atoms with Gasteiger partial charge in [0.1, 0.15) is 0 Å². The first-order valence-electron chi connectivity index (χ1n) is 10.4. The number of hydrogen-bond acceptors (Lipinski definition) is 5. The second-order valence-corrected chi connectivity index (χ2v) is 8.79. The maximum absolute atomic E-state index is 11.5. The van der Waals surface area contributed by atoms with Crippen molar-refractivity contribution in [1.29, 1.82) is 0 Å². The molecule has 1 atom stereocenters. The van der Waals surface area contributed by atoms with Crippen LogP contribution in [-0.2, 0) is 11.4 Å². The summed E-state index contributed by atoms with van der Waals surface area (Å²) < 4.78 is 2.27. The average Bonchev–Trinajstić information content (AvgIpc) is 3.35. The minimum Gasteiger partial charge on any atom is -0.351 e. The molecule has 5 rings (SSSR count). The Morgan fingerprint density at radius 1 is 1.20 bits per heavy atom. The van der Waals surface area contributed by atoms with Crippen LogP contribution < -0.4 is 10.8 Å². The number of carbonyl (C=O) groups is 1. The topological polar surface area (TPSA) is 81.1 Å². The molecule has 1 saturated carbocycles. The highest BCUT2D eigenvalue weighted by molar-refractivity contribution is 6.30. The van der Waals surface area contributed by atoms with Gasteiger partial charge >= 0.3 is 6.09 Å². The Balaban J connectivity index is 1.58. The van der Waals surface area contributed by atoms with E-state index in [-0.39, 0.29) is 0 Å². The first-order valence-corrected chi connectivity index (χ1v) is 10.8. The first-order chi connectivity index (χ1) is 14.6. The van der Waals surface area contributed by atoms with Crippen LogP contribution >= 0.6 is 11.6 Å². The summed E-state index contributed by atoms with van der Waals surface area (Å²) in [5.74, 6) is 1.94. The molecular formula is C22H24ClN5O2. The van der Waals surface area contributed by atoms with Gasteiger partial charge in [0.25, 0.3) is 0 Å². The Bertz CT molecular complexity index is 1090. The maximum Gasteiger partial charge on any atom is 0.427 e. The Kier molecular flexibility index (Phi) is 5.08. The number of nitrogens with zero attached hydrogens (tertiary/aromatic N) is 3. The lowest BCUT2D eigenvalue weighted by Gasteiger charge is -2.27. The lowest BCUT2D eigenvalue weighted by Crippen LogP contribution is -2.25. The Labute approximate surface area is 179 Å². The second-order valence-electron chi connectivity index (χ2n) is 8.35. The lowest BCUT2D eigenvalue weighted by molar-refractivity contribution is 0.120. The molecule has 0 radical (unpaired) electrons. The predicted molar refractivity (Wildman–Crippen MR) is 115 cm³/mol. The molecule has 7 nitrogen and oxygen atoms in total. The van der Waals surface area contributed by atoms with Crippen molar-refractivity contribution in [3.8, 4) is 11.3 Å². The highest BCUT2D eigenvalue weighted by Gasteiger charge is 2.28. The number of hydrogen-bond donors (Lipinski definition) is 2. The van der Waals surface area contributed by atoms with Crippen molar-refractivity contribution >= 4 is 28.7 Å². The monoisotopic (exact) mass is 425 g/mol. The van der Waals surface area contributed by atoms with Gasteiger partial charge in [-0.1, -0.05) is 43.5 Å². The zero-order chi connectivity index (χ0) is 20.7. The molecule has 2 aromatic heterocycles. The Morgan fingerprint density at radius 3 is 2.77 bits per heavy atom. The summed E-state index contributed by atoms with van der Waals surface area (Å²) in [6, 6.07) is 9.68. The summed E-state index contributed by atoms with van der Waals surface area (Å²) in [5, 5.41) is 3.32. The van der Waals surface area contributed by atoms with E-state index in [9.17, 15) is 4.79 Å². The molecule has 0 bridgehead atoms. The molecule has 3 heterocycles. The van der Waals surface area contributed by atoms with E-state index in [1.165, 1.54) is 25.7 Å². The number of halogens is 1. The van der Waals surface area contributed by atoms with Gasteiger partial charge in [0.05, 0.1) is 16.7 Å². The van der Waals surface area contributed by atoms with E-state index in [4.69, 9.17) is 26.4 Å². The van der Waals surface area contributed by atoms with Gasteiger partial charge in [-0.25, -0.2) is 14.8 Å². The van der Waals surface area contributed by atoms with Gasteiger partial charge in [-0.15, -0.1) is 5.48 Å². The van der Waals surface area contributed by atoms with Crippen molar-refractivity contribution in [2.45, 2.75) is 45.3 Å². The standard InChI is InChI=1S/C22H24ClN5O2/c1-13-5-7-14(8-6-13)12-28-10-9-17-19(28)18(15-3-2-4-16(23)11-15)25-20(24-17)21-26-22(29)30-27-21/h2-4,9-11,13-14,21,27H,5-8,12H2,1H3,(H,26,29). The van der Waals surface area contributed by atoms with E-state index in [0.717, 1.165) is 34.8 Å². The van der Waals surface area contributed by atoms with E-state index in [1.807, 2.05) is 30.3 Å². The number of fused-ring (bicyclic) bond motifs is 1. The fourth-order valence-electron chi connectivity index (χ4n) is 4.44. The van der Waals surface area contributed by atoms with Gasteiger partial charge in [0.2, 0.25) is 0 Å². The minimum absolute atomic E-state index is 0.451. The molecule has 2 aliphatic rings. The highest BCUT2D eigenvalue weighted by Crippen LogP contribution is 2.33. The van der Waals surface area contributed by atoms with Crippen molar-refractivity contribution in [3.63, 3.8) is 0 Å². The highest BCUT2D eigenvalue weighted by atomic mass is 35.5. The zero-order valence-electron chi connectivity index (χ0n) is 16.8. The molecule has 1 aliphatic heterocycles. The number of aromatic nitrogens is 3. The first kappa shape index (κ1) is 19.3. The molecule has 156 valence electrons. The van der Waals surface area contributed by atoms with Crippen molar-refractivity contribution < 1.29 is 9.63 Å². The molecule has 1 aliphatic carbocycles. The van der Waals surface area contributed by atoms with E-state index in [0.29, 0.717) is 16.8 Å². The largest absolute Gasteiger partial charge is 0.427 e. The van der Waals surface area contributed by atoms with E-state index in [2.05, 4.69) is 28.5 Å². The number of hydroxylamine groups is 1. The molecule has 0 spiro atoms.